The van der Waals surface area contributed by atoms with Crippen LogP contribution in [0, 0.1) is 5.82 Å². The van der Waals surface area contributed by atoms with Gasteiger partial charge in [-0.2, -0.15) is 0 Å². The van der Waals surface area contributed by atoms with Crippen LogP contribution in [0.4, 0.5) is 4.39 Å². The van der Waals surface area contributed by atoms with Crippen LogP contribution < -0.4 is 14.8 Å². The quantitative estimate of drug-likeness (QED) is 0.442. The van der Waals surface area contributed by atoms with Crippen LogP contribution in [0.2, 0.25) is 5.02 Å². The number of carbonyl (C=O) groups is 2. The second-order valence-electron chi connectivity index (χ2n) is 6.74. The van der Waals surface area contributed by atoms with E-state index in [0.717, 1.165) is 23.0 Å². The third kappa shape index (κ3) is 6.38. The Morgan fingerprint density at radius 3 is 2.65 bits per heavy atom. The number of aromatic nitrogens is 1. The van der Waals surface area contributed by atoms with Gasteiger partial charge in [-0.1, -0.05) is 29.8 Å². The zero-order valence-electron chi connectivity index (χ0n) is 17.6. The maximum absolute atomic E-state index is 14.2. The van der Waals surface area contributed by atoms with Gasteiger partial charge >= 0.3 is 5.97 Å². The highest BCUT2D eigenvalue weighted by atomic mass is 35.5. The number of benzene rings is 1. The molecule has 9 heteroatoms. The lowest BCUT2D eigenvalue weighted by molar-refractivity contribution is -0.135. The SMILES string of the molecule is C=C(C)CN(CC)C(=O)Cn1c(=CC(=O)OCC)sc(=Cc2c(F)cccc2Cl)c1=O. The molecule has 2 aromatic rings. The van der Waals surface area contributed by atoms with E-state index in [1.54, 1.807) is 18.7 Å². The topological polar surface area (TPSA) is 68.6 Å². The van der Waals surface area contributed by atoms with Crippen molar-refractivity contribution in [2.75, 3.05) is 19.7 Å². The van der Waals surface area contributed by atoms with E-state index in [-0.39, 0.29) is 38.8 Å². The molecule has 6 nitrogen and oxygen atoms in total. The Labute approximate surface area is 188 Å². The maximum Gasteiger partial charge on any atom is 0.333 e. The van der Waals surface area contributed by atoms with Crippen LogP contribution in [0.1, 0.15) is 26.3 Å². The van der Waals surface area contributed by atoms with Crippen LogP contribution in [0.25, 0.3) is 12.2 Å². The lowest BCUT2D eigenvalue weighted by atomic mass is 10.2. The molecular weight excluding hydrogens is 443 g/mol. The predicted molar refractivity (Wildman–Crippen MR) is 121 cm³/mol. The summed E-state index contributed by atoms with van der Waals surface area (Å²) < 4.78 is 20.7. The molecule has 1 heterocycles. The first-order valence-electron chi connectivity index (χ1n) is 9.63. The van der Waals surface area contributed by atoms with E-state index in [9.17, 15) is 18.8 Å². The van der Waals surface area contributed by atoms with Gasteiger partial charge in [-0.05, 0) is 39.0 Å². The number of hydrogen-bond acceptors (Lipinski definition) is 5. The van der Waals surface area contributed by atoms with Gasteiger partial charge in [0, 0.05) is 18.7 Å². The zero-order chi connectivity index (χ0) is 23.1. The van der Waals surface area contributed by atoms with Crippen molar-refractivity contribution in [1.29, 1.82) is 0 Å². The Balaban J connectivity index is 2.62. The number of nitrogens with zero attached hydrogens (tertiary/aromatic N) is 2. The van der Waals surface area contributed by atoms with Crippen LogP contribution in [0.3, 0.4) is 0 Å². The number of carbonyl (C=O) groups excluding carboxylic acids is 2. The van der Waals surface area contributed by atoms with Crippen LogP contribution in [0.15, 0.2) is 35.1 Å². The fraction of sp³-hybridized carbons (Fsp3) is 0.318. The summed E-state index contributed by atoms with van der Waals surface area (Å²) >= 11 is 7.02. The Morgan fingerprint density at radius 2 is 2.06 bits per heavy atom. The molecule has 1 aromatic heterocycles. The van der Waals surface area contributed by atoms with Crippen molar-refractivity contribution in [3.05, 3.63) is 66.3 Å². The van der Waals surface area contributed by atoms with Gasteiger partial charge in [-0.25, -0.2) is 9.18 Å². The molecule has 0 saturated carbocycles. The molecule has 166 valence electrons. The zero-order valence-corrected chi connectivity index (χ0v) is 19.2. The monoisotopic (exact) mass is 466 g/mol. The van der Waals surface area contributed by atoms with E-state index in [1.807, 2.05) is 6.92 Å². The van der Waals surface area contributed by atoms with E-state index >= 15 is 0 Å². The second kappa shape index (κ2) is 11.1. The van der Waals surface area contributed by atoms with Crippen molar-refractivity contribution < 1.29 is 18.7 Å². The second-order valence-corrected chi connectivity index (χ2v) is 8.21. The molecule has 0 saturated heterocycles. The van der Waals surface area contributed by atoms with Gasteiger partial charge < -0.3 is 9.64 Å². The number of thiazole rings is 1. The molecule has 0 aliphatic rings. The van der Waals surface area contributed by atoms with Crippen LogP contribution in [-0.4, -0.2) is 41.0 Å². The Kier molecular flexibility index (Phi) is 8.76. The summed E-state index contributed by atoms with van der Waals surface area (Å²) in [5, 5.41) is 0.143. The van der Waals surface area contributed by atoms with Gasteiger partial charge in [0.15, 0.2) is 0 Å². The fourth-order valence-corrected chi connectivity index (χ4v) is 4.02. The molecule has 0 radical (unpaired) electrons. The first-order chi connectivity index (χ1) is 14.7. The summed E-state index contributed by atoms with van der Waals surface area (Å²) in [7, 11) is 0. The van der Waals surface area contributed by atoms with Crippen LogP contribution >= 0.6 is 22.9 Å². The average molecular weight is 467 g/mol. The first kappa shape index (κ1) is 24.6. The fourth-order valence-electron chi connectivity index (χ4n) is 2.79. The molecule has 2 rings (SSSR count). The largest absolute Gasteiger partial charge is 0.463 e. The van der Waals surface area contributed by atoms with Gasteiger partial charge in [-0.15, -0.1) is 11.3 Å². The number of esters is 1. The number of amides is 1. The van der Waals surface area contributed by atoms with Crippen molar-refractivity contribution in [3.8, 4) is 0 Å². The first-order valence-corrected chi connectivity index (χ1v) is 10.8. The summed E-state index contributed by atoms with van der Waals surface area (Å²) in [5.74, 6) is -1.54. The number of rotatable bonds is 8. The smallest absolute Gasteiger partial charge is 0.333 e. The molecule has 31 heavy (non-hydrogen) atoms. The van der Waals surface area contributed by atoms with Crippen LogP contribution in [0.5, 0.6) is 0 Å². The number of ether oxygens (including phenoxy) is 1. The third-order valence-corrected chi connectivity index (χ3v) is 5.62. The van der Waals surface area contributed by atoms with E-state index in [0.29, 0.717) is 13.1 Å². The molecule has 0 fully saturated rings. The van der Waals surface area contributed by atoms with E-state index in [1.165, 1.54) is 28.8 Å². The normalized spacial score (nSPS) is 12.2. The summed E-state index contributed by atoms with van der Waals surface area (Å²) in [6, 6.07) is 4.20. The van der Waals surface area contributed by atoms with Crippen molar-refractivity contribution in [2.45, 2.75) is 27.3 Å². The molecule has 0 atom stereocenters. The van der Waals surface area contributed by atoms with Gasteiger partial charge in [0.25, 0.3) is 5.56 Å². The summed E-state index contributed by atoms with van der Waals surface area (Å²) in [5.41, 5.74) is 0.329. The highest BCUT2D eigenvalue weighted by Crippen LogP contribution is 2.19. The minimum Gasteiger partial charge on any atom is -0.463 e. The van der Waals surface area contributed by atoms with Gasteiger partial charge in [0.05, 0.1) is 22.2 Å². The molecule has 0 aliphatic heterocycles. The standard InChI is InChI=1S/C22H24ClFN2O4S/c1-5-25(12-14(3)4)19(27)13-26-20(11-21(28)30-6-2)31-18(22(26)29)10-15-16(23)8-7-9-17(15)24/h7-11H,3,5-6,12-13H2,1-2,4H3. The number of hydrogen-bond donors (Lipinski definition) is 0. The molecule has 0 bridgehead atoms. The maximum atomic E-state index is 14.2. The van der Waals surface area contributed by atoms with E-state index < -0.39 is 17.3 Å². The van der Waals surface area contributed by atoms with Crippen molar-refractivity contribution in [3.63, 3.8) is 0 Å². The van der Waals surface area contributed by atoms with E-state index in [4.69, 9.17) is 16.3 Å². The predicted octanol–water partition coefficient (Wildman–Crippen LogP) is 2.30. The summed E-state index contributed by atoms with van der Waals surface area (Å²) in [4.78, 5) is 39.4. The average Bonchev–Trinajstić information content (AvgIpc) is 2.97. The molecule has 0 N–H and O–H groups in total. The molecule has 0 unspecified atom stereocenters. The van der Waals surface area contributed by atoms with Gasteiger partial charge in [0.1, 0.15) is 17.0 Å². The Bertz CT molecular complexity index is 1150. The molecule has 1 aromatic carbocycles. The highest BCUT2D eigenvalue weighted by Gasteiger charge is 2.16. The van der Waals surface area contributed by atoms with Crippen LogP contribution in [-0.2, 0) is 20.9 Å². The molecular formula is C22H24ClFN2O4S. The van der Waals surface area contributed by atoms with Gasteiger partial charge in [-0.3, -0.25) is 14.2 Å². The summed E-state index contributed by atoms with van der Waals surface area (Å²) in [6.07, 6.45) is 2.47. The number of likely N-dealkylation sites (N-methyl/N-ethyl adjacent to an activating group) is 1. The lowest BCUT2D eigenvalue weighted by Gasteiger charge is -2.21. The summed E-state index contributed by atoms with van der Waals surface area (Å²) in [6.45, 7) is 9.78. The Morgan fingerprint density at radius 1 is 1.35 bits per heavy atom. The van der Waals surface area contributed by atoms with Crippen molar-refractivity contribution in [2.24, 2.45) is 0 Å². The van der Waals surface area contributed by atoms with Crippen molar-refractivity contribution >= 4 is 47.0 Å². The highest BCUT2D eigenvalue weighted by molar-refractivity contribution is 7.07. The Hall–Kier alpha value is -2.71. The lowest BCUT2D eigenvalue weighted by Crippen LogP contribution is -2.41. The third-order valence-electron chi connectivity index (χ3n) is 4.23. The minimum absolute atomic E-state index is 0.0566. The van der Waals surface area contributed by atoms with E-state index in [2.05, 4.69) is 6.58 Å². The van der Waals surface area contributed by atoms with Gasteiger partial charge in [0.2, 0.25) is 5.91 Å². The number of halogens is 2. The minimum atomic E-state index is -0.644. The molecule has 1 amide bonds. The van der Waals surface area contributed by atoms with Crippen molar-refractivity contribution in [1.82, 2.24) is 9.47 Å². The molecule has 0 aliphatic carbocycles. The molecule has 0 spiro atoms.